The smallest absolute Gasteiger partial charge is 0.321 e. The van der Waals surface area contributed by atoms with Crippen molar-refractivity contribution in [2.75, 3.05) is 18.4 Å². The largest absolute Gasteiger partial charge is 0.393 e. The van der Waals surface area contributed by atoms with Gasteiger partial charge < -0.3 is 20.4 Å². The van der Waals surface area contributed by atoms with Gasteiger partial charge in [0.1, 0.15) is 0 Å². The van der Waals surface area contributed by atoms with E-state index in [1.807, 2.05) is 47.4 Å². The molecule has 56 heavy (non-hydrogen) atoms. The van der Waals surface area contributed by atoms with E-state index >= 15 is 4.79 Å². The monoisotopic (exact) mass is 770 g/mol. The van der Waals surface area contributed by atoms with Crippen molar-refractivity contribution in [3.05, 3.63) is 89.3 Å². The van der Waals surface area contributed by atoms with Crippen molar-refractivity contribution in [3.8, 4) is 0 Å². The summed E-state index contributed by atoms with van der Waals surface area (Å²) < 4.78 is 1.12. The van der Waals surface area contributed by atoms with Crippen LogP contribution in [0.1, 0.15) is 107 Å². The molecule has 3 aromatic rings. The second-order valence-corrected chi connectivity index (χ2v) is 21.9. The summed E-state index contributed by atoms with van der Waals surface area (Å²) in [7, 11) is 0. The molecule has 6 bridgehead atoms. The van der Waals surface area contributed by atoms with Crippen molar-refractivity contribution in [2.24, 2.45) is 56.7 Å². The molecule has 8 atom stereocenters. The number of hydrogen-bond donors (Lipinski definition) is 3. The molecule has 13 rings (SSSR count). The van der Waals surface area contributed by atoms with Crippen molar-refractivity contribution in [3.63, 3.8) is 0 Å². The number of Topliss-reactive ketones (excluding diaryl/α,β-unsaturated/α-hetero) is 1. The summed E-state index contributed by atoms with van der Waals surface area (Å²) in [4.78, 5) is 32.7. The van der Waals surface area contributed by atoms with Gasteiger partial charge in [0.25, 0.3) is 0 Å². The predicted molar refractivity (Wildman–Crippen MR) is 222 cm³/mol. The summed E-state index contributed by atoms with van der Waals surface area (Å²) in [6, 6.07) is 20.0. The van der Waals surface area contributed by atoms with E-state index in [0.717, 1.165) is 76.1 Å². The van der Waals surface area contributed by atoms with E-state index in [-0.39, 0.29) is 46.0 Å². The molecule has 7 heteroatoms. The van der Waals surface area contributed by atoms with Gasteiger partial charge in [-0.3, -0.25) is 4.79 Å². The van der Waals surface area contributed by atoms with E-state index in [9.17, 15) is 15.0 Å². The molecule has 294 valence electrons. The van der Waals surface area contributed by atoms with Gasteiger partial charge in [0.2, 0.25) is 0 Å². The molecule has 1 heterocycles. The Hall–Kier alpha value is -3.26. The van der Waals surface area contributed by atoms with Crippen molar-refractivity contribution in [1.82, 2.24) is 4.90 Å². The van der Waals surface area contributed by atoms with Gasteiger partial charge in [-0.1, -0.05) is 68.5 Å². The zero-order chi connectivity index (χ0) is 38.3. The van der Waals surface area contributed by atoms with Crippen LogP contribution in [0.25, 0.3) is 10.1 Å². The van der Waals surface area contributed by atoms with Crippen LogP contribution in [0.2, 0.25) is 0 Å². The van der Waals surface area contributed by atoms with Crippen LogP contribution >= 0.6 is 11.3 Å². The number of para-hydroxylation sites is 1. The third-order valence-electron chi connectivity index (χ3n) is 18.1. The van der Waals surface area contributed by atoms with Gasteiger partial charge in [-0.2, -0.15) is 0 Å². The number of ketones is 1. The molecule has 2 spiro atoms. The van der Waals surface area contributed by atoms with Gasteiger partial charge in [-0.15, -0.1) is 11.3 Å². The second-order valence-electron chi connectivity index (χ2n) is 20.9. The number of aliphatic hydroxyl groups excluding tert-OH is 1. The topological polar surface area (TPSA) is 89.9 Å². The summed E-state index contributed by atoms with van der Waals surface area (Å²) in [6.45, 7) is 5.77. The molecule has 1 aromatic heterocycles. The Balaban J connectivity index is 0.980. The number of allylic oxidation sites excluding steroid dienone is 4. The first-order chi connectivity index (χ1) is 26.9. The first kappa shape index (κ1) is 35.9. The highest BCUT2D eigenvalue weighted by Gasteiger charge is 2.74. The lowest BCUT2D eigenvalue weighted by atomic mass is 9.32. The Labute approximate surface area is 335 Å². The van der Waals surface area contributed by atoms with Crippen LogP contribution in [0.15, 0.2) is 84.5 Å². The first-order valence-electron chi connectivity index (χ1n) is 21.9. The average Bonchev–Trinajstić information content (AvgIpc) is 3.72. The third kappa shape index (κ3) is 4.92. The maximum atomic E-state index is 15.2. The second kappa shape index (κ2) is 12.1. The molecule has 10 aliphatic rings. The van der Waals surface area contributed by atoms with Crippen LogP contribution in [0.4, 0.5) is 10.5 Å². The molecular weight excluding hydrogens is 713 g/mol. The average molecular weight is 771 g/mol. The number of fused-ring (bicyclic) bond motifs is 2. The minimum atomic E-state index is -1.11. The fraction of sp³-hybridized carbons (Fsp3) is 0.592. The van der Waals surface area contributed by atoms with Crippen LogP contribution in [0, 0.1) is 56.7 Å². The van der Waals surface area contributed by atoms with Gasteiger partial charge in [-0.25, -0.2) is 4.79 Å². The van der Waals surface area contributed by atoms with Gasteiger partial charge >= 0.3 is 6.03 Å². The lowest BCUT2D eigenvalue weighted by Crippen LogP contribution is -2.67. The highest BCUT2D eigenvalue weighted by molar-refractivity contribution is 7.21. The number of urea groups is 1. The quantitative estimate of drug-likeness (QED) is 0.165. The number of carbonyl (C=O) groups is 2. The molecule has 0 radical (unpaired) electrons. The Morgan fingerprint density at radius 2 is 1.46 bits per heavy atom. The number of aliphatic hydroxyl groups is 2. The molecule has 0 saturated heterocycles. The SMILES string of the molecule is C[C@]12CC[C@H]3[C@]4(C=C[C@@]5(C=C4C(=O)c4cc6ccccc6s4)CC(O)CC[C@]35C)[C@@H]1CC[C@@]2(O)CN(CC12CC3CC(CC(C3)C1)C2)C(=O)Nc1ccccc1. The van der Waals surface area contributed by atoms with Crippen molar-refractivity contribution < 1.29 is 19.8 Å². The van der Waals surface area contributed by atoms with Gasteiger partial charge in [0.15, 0.2) is 5.78 Å². The number of thiophene rings is 1. The van der Waals surface area contributed by atoms with E-state index in [1.54, 1.807) is 11.3 Å². The van der Waals surface area contributed by atoms with Crippen molar-refractivity contribution in [2.45, 2.75) is 109 Å². The molecule has 7 saturated carbocycles. The number of nitrogens with zero attached hydrogens (tertiary/aromatic N) is 1. The number of carbonyl (C=O) groups excluding carboxylic acids is 2. The number of benzene rings is 2. The summed E-state index contributed by atoms with van der Waals surface area (Å²) in [5.41, 5.74) is -0.798. The minimum Gasteiger partial charge on any atom is -0.393 e. The standard InChI is InChI=1S/C49H58N2O4S/c1-44-15-12-36(52)27-47(44)18-19-49(37(28-47)42(53)39-23-34-8-6-7-11-38(34)56-39)40(44)13-16-45(2)41(49)14-17-48(45,55)30-51(43(54)50-35-9-4-3-5-10-35)29-46-24-31-20-32(25-46)22-33(21-31)26-46/h3-11,18-19,23,28,31-33,36,40-41,52,55H,12-17,20-22,24-27,29-30H2,1-2H3,(H,50,54)/t31?,32?,33?,36?,40-,41-,44-,45+,46?,47+,48-,49-/m1/s1. The van der Waals surface area contributed by atoms with Gasteiger partial charge in [0, 0.05) is 38.8 Å². The van der Waals surface area contributed by atoms with Crippen LogP contribution < -0.4 is 5.32 Å². The molecule has 2 aromatic carbocycles. The molecular formula is C49H58N2O4S. The summed E-state index contributed by atoms with van der Waals surface area (Å²) in [6.07, 6.45) is 20.0. The van der Waals surface area contributed by atoms with Crippen molar-refractivity contribution in [1.29, 1.82) is 0 Å². The zero-order valence-electron chi connectivity index (χ0n) is 33.1. The predicted octanol–water partition coefficient (Wildman–Crippen LogP) is 10.4. The molecule has 0 aliphatic heterocycles. The van der Waals surface area contributed by atoms with E-state index < -0.39 is 16.4 Å². The number of anilines is 1. The van der Waals surface area contributed by atoms with E-state index in [1.165, 1.54) is 38.5 Å². The summed E-state index contributed by atoms with van der Waals surface area (Å²) in [5.74, 6) is 2.71. The Morgan fingerprint density at radius 3 is 2.20 bits per heavy atom. The number of rotatable bonds is 7. The summed E-state index contributed by atoms with van der Waals surface area (Å²) in [5, 5.41) is 29.0. The highest BCUT2D eigenvalue weighted by atomic mass is 32.1. The molecule has 6 nitrogen and oxygen atoms in total. The van der Waals surface area contributed by atoms with E-state index in [4.69, 9.17) is 0 Å². The third-order valence-corrected chi connectivity index (χ3v) is 19.2. The highest BCUT2D eigenvalue weighted by Crippen LogP contribution is 2.78. The molecule has 7 fully saturated rings. The van der Waals surface area contributed by atoms with Crippen molar-refractivity contribution >= 4 is 38.9 Å². The Bertz CT molecular complexity index is 2110. The molecule has 2 amide bonds. The minimum absolute atomic E-state index is 0.0418. The van der Waals surface area contributed by atoms with Gasteiger partial charge in [-0.05, 0) is 154 Å². The van der Waals surface area contributed by atoms with Crippen LogP contribution in [0.3, 0.4) is 0 Å². The van der Waals surface area contributed by atoms with E-state index in [0.29, 0.717) is 25.9 Å². The Kier molecular flexibility index (Phi) is 7.78. The van der Waals surface area contributed by atoms with Gasteiger partial charge in [0.05, 0.1) is 23.1 Å². The van der Waals surface area contributed by atoms with E-state index in [2.05, 4.69) is 55.6 Å². The summed E-state index contributed by atoms with van der Waals surface area (Å²) >= 11 is 1.59. The fourth-order valence-corrected chi connectivity index (χ4v) is 17.0. The number of hydrogen-bond acceptors (Lipinski definition) is 5. The normalized spacial score (nSPS) is 43.9. The maximum Gasteiger partial charge on any atom is 0.321 e. The molecule has 1 unspecified atom stereocenters. The molecule has 10 aliphatic carbocycles. The maximum absolute atomic E-state index is 15.2. The lowest BCUT2D eigenvalue weighted by Gasteiger charge is -2.71. The first-order valence-corrected chi connectivity index (χ1v) is 22.7. The number of nitrogens with one attached hydrogen (secondary N) is 1. The lowest BCUT2D eigenvalue weighted by molar-refractivity contribution is -0.176. The number of amides is 2. The Morgan fingerprint density at radius 1 is 0.804 bits per heavy atom. The zero-order valence-corrected chi connectivity index (χ0v) is 34.0. The molecule has 3 N–H and O–H groups in total. The van der Waals surface area contributed by atoms with Crippen LogP contribution in [-0.4, -0.2) is 51.7 Å². The van der Waals surface area contributed by atoms with Crippen LogP contribution in [-0.2, 0) is 0 Å². The van der Waals surface area contributed by atoms with Crippen LogP contribution in [0.5, 0.6) is 0 Å². The fourth-order valence-electron chi connectivity index (χ4n) is 16.0.